The Morgan fingerprint density at radius 3 is 2.38 bits per heavy atom. The molecule has 0 spiro atoms. The number of hydrogen-bond acceptors (Lipinski definition) is 4. The molecule has 136 valence electrons. The number of phenols is 1. The Bertz CT molecular complexity index is 859. The van der Waals surface area contributed by atoms with Gasteiger partial charge < -0.3 is 10.1 Å². The second-order valence-electron chi connectivity index (χ2n) is 5.52. The number of aromatic nitrogens is 2. The van der Waals surface area contributed by atoms with Crippen LogP contribution in [0.4, 0.5) is 0 Å². The SMILES string of the molecule is Oc1ccccc1C=NCCCN=Cc1c[nH]c(-c2ccccc2)n1.[Cu+]. The summed E-state index contributed by atoms with van der Waals surface area (Å²) in [7, 11) is 0. The van der Waals surface area contributed by atoms with E-state index in [-0.39, 0.29) is 22.8 Å². The molecular weight excluding hydrogens is 376 g/mol. The van der Waals surface area contributed by atoms with Gasteiger partial charge in [-0.1, -0.05) is 42.5 Å². The van der Waals surface area contributed by atoms with Crippen LogP contribution in [0.25, 0.3) is 11.4 Å². The number of aromatic hydroxyl groups is 1. The number of nitrogens with zero attached hydrogens (tertiary/aromatic N) is 3. The van der Waals surface area contributed by atoms with Crippen LogP contribution in [0.1, 0.15) is 17.7 Å². The van der Waals surface area contributed by atoms with Gasteiger partial charge in [-0.05, 0) is 18.6 Å². The zero-order chi connectivity index (χ0) is 17.3. The van der Waals surface area contributed by atoms with Crippen molar-refractivity contribution in [2.45, 2.75) is 6.42 Å². The first-order valence-corrected chi connectivity index (χ1v) is 8.21. The fourth-order valence-electron chi connectivity index (χ4n) is 2.32. The van der Waals surface area contributed by atoms with Gasteiger partial charge in [0.05, 0.1) is 5.69 Å². The third kappa shape index (κ3) is 5.69. The summed E-state index contributed by atoms with van der Waals surface area (Å²) in [5.74, 6) is 1.09. The number of aliphatic imine (C=N–C) groups is 2. The summed E-state index contributed by atoms with van der Waals surface area (Å²) in [5.41, 5.74) is 2.60. The van der Waals surface area contributed by atoms with Crippen molar-refractivity contribution in [2.24, 2.45) is 9.98 Å². The van der Waals surface area contributed by atoms with Gasteiger partial charge in [-0.2, -0.15) is 0 Å². The molecule has 0 aliphatic heterocycles. The summed E-state index contributed by atoms with van der Waals surface area (Å²) in [6.07, 6.45) is 6.16. The Hall–Kier alpha value is -2.69. The van der Waals surface area contributed by atoms with Gasteiger partial charge in [-0.25, -0.2) is 4.98 Å². The standard InChI is InChI=1S/C20H20N4O.Cu/c25-19-10-5-4-9-17(19)13-21-11-6-12-22-14-18-15-23-20(24-18)16-7-2-1-3-8-16;/h1-5,7-10,13-15,25H,6,11-12H2,(H,23,24);/q;+1. The minimum absolute atomic E-state index is 0. The summed E-state index contributed by atoms with van der Waals surface area (Å²) in [4.78, 5) is 16.3. The Labute approximate surface area is 163 Å². The first kappa shape index (κ1) is 19.6. The molecule has 0 radical (unpaired) electrons. The third-order valence-electron chi connectivity index (χ3n) is 3.61. The van der Waals surface area contributed by atoms with Crippen LogP contribution in [0.5, 0.6) is 5.75 Å². The summed E-state index contributed by atoms with van der Waals surface area (Å²) in [6.45, 7) is 1.35. The van der Waals surface area contributed by atoms with Gasteiger partial charge >= 0.3 is 17.1 Å². The predicted octanol–water partition coefficient (Wildman–Crippen LogP) is 3.71. The summed E-state index contributed by atoms with van der Waals surface area (Å²) in [6, 6.07) is 17.1. The van der Waals surface area contributed by atoms with Crippen molar-refractivity contribution in [3.8, 4) is 17.1 Å². The van der Waals surface area contributed by atoms with E-state index in [0.29, 0.717) is 13.1 Å². The summed E-state index contributed by atoms with van der Waals surface area (Å²) in [5, 5.41) is 9.64. The zero-order valence-corrected chi connectivity index (χ0v) is 15.1. The zero-order valence-electron chi connectivity index (χ0n) is 14.1. The summed E-state index contributed by atoms with van der Waals surface area (Å²) >= 11 is 0. The van der Waals surface area contributed by atoms with Gasteiger partial charge in [0.25, 0.3) is 0 Å². The molecule has 1 heterocycles. The van der Waals surface area contributed by atoms with Gasteiger partial charge in [-0.3, -0.25) is 9.98 Å². The number of nitrogens with one attached hydrogen (secondary N) is 1. The van der Waals surface area contributed by atoms with Crippen molar-refractivity contribution in [1.82, 2.24) is 9.97 Å². The van der Waals surface area contributed by atoms with Crippen LogP contribution >= 0.6 is 0 Å². The number of imidazole rings is 1. The van der Waals surface area contributed by atoms with Crippen LogP contribution in [0.3, 0.4) is 0 Å². The van der Waals surface area contributed by atoms with Crippen molar-refractivity contribution in [2.75, 3.05) is 13.1 Å². The number of para-hydroxylation sites is 1. The van der Waals surface area contributed by atoms with E-state index in [2.05, 4.69) is 20.0 Å². The second-order valence-corrected chi connectivity index (χ2v) is 5.52. The molecule has 0 saturated carbocycles. The van der Waals surface area contributed by atoms with Crippen molar-refractivity contribution >= 4 is 12.4 Å². The predicted molar refractivity (Wildman–Crippen MR) is 102 cm³/mol. The van der Waals surface area contributed by atoms with Crippen molar-refractivity contribution in [3.63, 3.8) is 0 Å². The minimum atomic E-state index is 0. The number of phenolic OH excluding ortho intramolecular Hbond substituents is 1. The number of benzene rings is 2. The van der Waals surface area contributed by atoms with Crippen molar-refractivity contribution in [1.29, 1.82) is 0 Å². The molecular formula is C20H20CuN4O+. The Morgan fingerprint density at radius 1 is 0.923 bits per heavy atom. The Kier molecular flexibility index (Phi) is 7.80. The normalized spacial score (nSPS) is 11.1. The Morgan fingerprint density at radius 2 is 1.62 bits per heavy atom. The maximum atomic E-state index is 9.64. The van der Waals surface area contributed by atoms with Crippen molar-refractivity contribution < 1.29 is 22.2 Å². The average molecular weight is 396 g/mol. The quantitative estimate of drug-likeness (QED) is 0.363. The molecule has 0 atom stereocenters. The molecule has 6 heteroatoms. The minimum Gasteiger partial charge on any atom is -0.507 e. The topological polar surface area (TPSA) is 73.6 Å². The van der Waals surface area contributed by atoms with E-state index in [1.54, 1.807) is 24.6 Å². The van der Waals surface area contributed by atoms with Crippen LogP contribution in [-0.2, 0) is 17.1 Å². The first-order chi connectivity index (χ1) is 12.3. The molecule has 0 amide bonds. The molecule has 2 N–H and O–H groups in total. The average Bonchev–Trinajstić information content (AvgIpc) is 3.12. The molecule has 0 fully saturated rings. The molecule has 0 bridgehead atoms. The number of H-pyrrole nitrogens is 1. The second kappa shape index (κ2) is 10.3. The molecule has 0 unspecified atom stereocenters. The first-order valence-electron chi connectivity index (χ1n) is 8.21. The van der Waals surface area contributed by atoms with E-state index in [1.807, 2.05) is 48.7 Å². The molecule has 3 rings (SSSR count). The van der Waals surface area contributed by atoms with Crippen LogP contribution in [0, 0.1) is 0 Å². The van der Waals surface area contributed by atoms with E-state index in [1.165, 1.54) is 0 Å². The van der Waals surface area contributed by atoms with Crippen LogP contribution < -0.4 is 0 Å². The molecule has 1 aromatic heterocycles. The molecule has 2 aromatic carbocycles. The smallest absolute Gasteiger partial charge is 0.507 e. The fourth-order valence-corrected chi connectivity index (χ4v) is 2.32. The van der Waals surface area contributed by atoms with E-state index in [4.69, 9.17) is 0 Å². The fraction of sp³-hybridized carbons (Fsp3) is 0.150. The van der Waals surface area contributed by atoms with Gasteiger partial charge in [0, 0.05) is 42.8 Å². The monoisotopic (exact) mass is 395 g/mol. The van der Waals surface area contributed by atoms with Crippen molar-refractivity contribution in [3.05, 3.63) is 72.1 Å². The van der Waals surface area contributed by atoms with E-state index in [0.717, 1.165) is 29.1 Å². The van der Waals surface area contributed by atoms with E-state index >= 15 is 0 Å². The maximum Gasteiger partial charge on any atom is 1.00 e. The van der Waals surface area contributed by atoms with Crippen LogP contribution in [0.15, 0.2) is 70.8 Å². The van der Waals surface area contributed by atoms with Crippen LogP contribution in [0.2, 0.25) is 0 Å². The molecule has 0 aliphatic rings. The number of rotatable bonds is 7. The van der Waals surface area contributed by atoms with Gasteiger partial charge in [0.1, 0.15) is 11.6 Å². The Balaban J connectivity index is 0.00000243. The molecule has 0 saturated heterocycles. The largest absolute Gasteiger partial charge is 1.00 e. The summed E-state index contributed by atoms with van der Waals surface area (Å²) < 4.78 is 0. The maximum absolute atomic E-state index is 9.64. The number of aromatic amines is 1. The van der Waals surface area contributed by atoms with Gasteiger partial charge in [-0.15, -0.1) is 0 Å². The molecule has 5 nitrogen and oxygen atoms in total. The number of hydrogen-bond donors (Lipinski definition) is 2. The van der Waals surface area contributed by atoms with Gasteiger partial charge in [0.15, 0.2) is 0 Å². The molecule has 0 aliphatic carbocycles. The molecule has 26 heavy (non-hydrogen) atoms. The molecule has 3 aromatic rings. The van der Waals surface area contributed by atoms with Crippen LogP contribution in [-0.4, -0.2) is 40.6 Å². The van der Waals surface area contributed by atoms with E-state index in [9.17, 15) is 5.11 Å². The third-order valence-corrected chi connectivity index (χ3v) is 3.61. The van der Waals surface area contributed by atoms with E-state index < -0.39 is 0 Å². The van der Waals surface area contributed by atoms with Gasteiger partial charge in [0.2, 0.25) is 0 Å².